The number of hydrogen-bond acceptors (Lipinski definition) is 7. The van der Waals surface area contributed by atoms with Gasteiger partial charge in [-0.15, -0.1) is 0 Å². The molecule has 5 rings (SSSR count). The fraction of sp³-hybridized carbons (Fsp3) is 0.125. The third-order valence-corrected chi connectivity index (χ3v) is 7.05. The van der Waals surface area contributed by atoms with Gasteiger partial charge in [0.2, 0.25) is 0 Å². The van der Waals surface area contributed by atoms with Gasteiger partial charge in [0.1, 0.15) is 21.2 Å². The highest BCUT2D eigenvalue weighted by Crippen LogP contribution is 2.44. The van der Waals surface area contributed by atoms with E-state index in [4.69, 9.17) is 17.0 Å². The molecule has 2 aliphatic rings. The number of methoxy groups -OCH3 is 1. The first-order valence-electron chi connectivity index (χ1n) is 9.83. The zero-order chi connectivity index (χ0) is 22.4. The Labute approximate surface area is 193 Å². The van der Waals surface area contributed by atoms with Gasteiger partial charge in [-0.25, -0.2) is 0 Å². The summed E-state index contributed by atoms with van der Waals surface area (Å²) in [7, 11) is 1.53. The zero-order valence-corrected chi connectivity index (χ0v) is 18.5. The average Bonchev–Trinajstić information content (AvgIpc) is 3.26. The number of ether oxygens (including phenoxy) is 1. The molecule has 3 aromatic rings. The Hall–Kier alpha value is -3.36. The van der Waals surface area contributed by atoms with Crippen molar-refractivity contribution in [1.82, 2.24) is 4.98 Å². The number of ketones is 2. The molecule has 0 spiro atoms. The summed E-state index contributed by atoms with van der Waals surface area (Å²) in [5.41, 5.74) is 2.17. The van der Waals surface area contributed by atoms with E-state index in [1.165, 1.54) is 23.8 Å². The summed E-state index contributed by atoms with van der Waals surface area (Å²) in [6.45, 7) is 0. The molecule has 2 heterocycles. The van der Waals surface area contributed by atoms with Crippen LogP contribution in [0.5, 0.6) is 5.75 Å². The van der Waals surface area contributed by atoms with Gasteiger partial charge < -0.3 is 4.74 Å². The molecule has 1 aliphatic heterocycles. The standard InChI is InChI=1S/C24H16N2O4S2/c1-30-18-12-5-4-11-17(18)26-23(29)22(32-24(26)31)16-10-6-9-15(25-16)19-20(27)13-7-2-3-8-14(13)21(19)28/h2-12,19,22H,1H3. The number of hydrogen-bond donors (Lipinski definition) is 0. The topological polar surface area (TPSA) is 76.6 Å². The van der Waals surface area contributed by atoms with Crippen LogP contribution in [0, 0.1) is 0 Å². The highest BCUT2D eigenvalue weighted by Gasteiger charge is 2.43. The van der Waals surface area contributed by atoms with Crippen LogP contribution >= 0.6 is 24.0 Å². The molecule has 6 nitrogen and oxygen atoms in total. The zero-order valence-electron chi connectivity index (χ0n) is 16.8. The highest BCUT2D eigenvalue weighted by molar-refractivity contribution is 8.24. The number of rotatable bonds is 4. The number of aromatic nitrogens is 1. The van der Waals surface area contributed by atoms with Crippen LogP contribution in [0.25, 0.3) is 0 Å². The maximum absolute atomic E-state index is 13.3. The van der Waals surface area contributed by atoms with Gasteiger partial charge in [-0.3, -0.25) is 24.3 Å². The van der Waals surface area contributed by atoms with E-state index in [0.29, 0.717) is 38.3 Å². The Morgan fingerprint density at radius 3 is 2.19 bits per heavy atom. The van der Waals surface area contributed by atoms with Crippen molar-refractivity contribution < 1.29 is 19.1 Å². The molecule has 1 aromatic heterocycles. The molecule has 0 bridgehead atoms. The number of pyridine rings is 1. The predicted octanol–water partition coefficient (Wildman–Crippen LogP) is 4.36. The molecule has 1 amide bonds. The number of carbonyl (C=O) groups excluding carboxylic acids is 3. The number of benzene rings is 2. The summed E-state index contributed by atoms with van der Waals surface area (Å²) < 4.78 is 5.77. The van der Waals surface area contributed by atoms with E-state index in [9.17, 15) is 14.4 Å². The lowest BCUT2D eigenvalue weighted by Gasteiger charge is -2.18. The molecule has 1 fully saturated rings. The number of amides is 1. The molecule has 1 atom stereocenters. The Balaban J connectivity index is 1.48. The van der Waals surface area contributed by atoms with Crippen LogP contribution in [-0.2, 0) is 4.79 Å². The number of para-hydroxylation sites is 2. The van der Waals surface area contributed by atoms with Gasteiger partial charge >= 0.3 is 0 Å². The van der Waals surface area contributed by atoms with E-state index in [2.05, 4.69) is 4.98 Å². The molecule has 8 heteroatoms. The van der Waals surface area contributed by atoms with Crippen molar-refractivity contribution in [3.8, 4) is 5.75 Å². The fourth-order valence-electron chi connectivity index (χ4n) is 4.02. The molecule has 32 heavy (non-hydrogen) atoms. The van der Waals surface area contributed by atoms with E-state index in [1.807, 2.05) is 6.07 Å². The second kappa shape index (κ2) is 7.96. The van der Waals surface area contributed by atoms with E-state index >= 15 is 0 Å². The summed E-state index contributed by atoms with van der Waals surface area (Å²) in [6, 6.07) is 19.0. The van der Waals surface area contributed by atoms with Crippen molar-refractivity contribution >= 4 is 51.5 Å². The van der Waals surface area contributed by atoms with E-state index in [0.717, 1.165) is 0 Å². The molecule has 1 aliphatic carbocycles. The van der Waals surface area contributed by atoms with Crippen LogP contribution in [0.1, 0.15) is 43.3 Å². The molecule has 0 saturated carbocycles. The van der Waals surface area contributed by atoms with Gasteiger partial charge in [0.05, 0.1) is 24.2 Å². The molecule has 2 aromatic carbocycles. The van der Waals surface area contributed by atoms with Crippen LogP contribution in [-0.4, -0.2) is 33.9 Å². The van der Waals surface area contributed by atoms with Gasteiger partial charge in [-0.05, 0) is 24.3 Å². The quantitative estimate of drug-likeness (QED) is 0.423. The SMILES string of the molecule is COc1ccccc1N1C(=O)C(c2cccc(C3C(=O)c4ccccc4C3=O)n2)SC1=S. The van der Waals surface area contributed by atoms with Crippen LogP contribution in [0.15, 0.2) is 66.7 Å². The van der Waals surface area contributed by atoms with Crippen molar-refractivity contribution in [3.63, 3.8) is 0 Å². The second-order valence-electron chi connectivity index (χ2n) is 7.30. The van der Waals surface area contributed by atoms with Crippen molar-refractivity contribution in [2.24, 2.45) is 0 Å². The first-order chi connectivity index (χ1) is 15.5. The van der Waals surface area contributed by atoms with Crippen molar-refractivity contribution in [1.29, 1.82) is 0 Å². The third kappa shape index (κ3) is 3.14. The Morgan fingerprint density at radius 2 is 1.50 bits per heavy atom. The Kier molecular flexibility index (Phi) is 5.11. The lowest BCUT2D eigenvalue weighted by molar-refractivity contribution is -0.117. The normalized spacial score (nSPS) is 18.4. The molecule has 1 saturated heterocycles. The summed E-state index contributed by atoms with van der Waals surface area (Å²) in [5.74, 6) is -1.25. The van der Waals surface area contributed by atoms with Crippen LogP contribution in [0.2, 0.25) is 0 Å². The predicted molar refractivity (Wildman–Crippen MR) is 125 cm³/mol. The van der Waals surface area contributed by atoms with Gasteiger partial charge in [0.15, 0.2) is 11.6 Å². The lowest BCUT2D eigenvalue weighted by Crippen LogP contribution is -2.29. The Morgan fingerprint density at radius 1 is 0.875 bits per heavy atom. The molecule has 1 unspecified atom stereocenters. The minimum atomic E-state index is -0.994. The third-order valence-electron chi connectivity index (χ3n) is 5.51. The monoisotopic (exact) mass is 460 g/mol. The van der Waals surface area contributed by atoms with E-state index in [-0.39, 0.29) is 17.5 Å². The van der Waals surface area contributed by atoms with Crippen LogP contribution < -0.4 is 9.64 Å². The molecule has 0 N–H and O–H groups in total. The number of anilines is 1. The molecule has 158 valence electrons. The van der Waals surface area contributed by atoms with Gasteiger partial charge in [-0.2, -0.15) is 0 Å². The first kappa shape index (κ1) is 20.5. The number of carbonyl (C=O) groups is 3. The van der Waals surface area contributed by atoms with Crippen molar-refractivity contribution in [2.45, 2.75) is 11.2 Å². The summed E-state index contributed by atoms with van der Waals surface area (Å²) in [4.78, 5) is 45.1. The summed E-state index contributed by atoms with van der Waals surface area (Å²) >= 11 is 6.69. The number of nitrogens with zero attached hydrogens (tertiary/aromatic N) is 2. The molecule has 0 radical (unpaired) electrons. The van der Waals surface area contributed by atoms with Crippen LogP contribution in [0.4, 0.5) is 5.69 Å². The minimum absolute atomic E-state index is 0.249. The van der Waals surface area contributed by atoms with Gasteiger partial charge in [0.25, 0.3) is 5.91 Å². The number of fused-ring (bicyclic) bond motifs is 1. The Bertz CT molecular complexity index is 1270. The number of Topliss-reactive ketones (excluding diaryl/α,β-unsaturated/α-hetero) is 2. The minimum Gasteiger partial charge on any atom is -0.495 e. The summed E-state index contributed by atoms with van der Waals surface area (Å²) in [5, 5.41) is -0.679. The van der Waals surface area contributed by atoms with Crippen molar-refractivity contribution in [2.75, 3.05) is 12.0 Å². The molecular formula is C24H16N2O4S2. The maximum atomic E-state index is 13.3. The fourth-order valence-corrected chi connectivity index (χ4v) is 5.45. The number of thiocarbonyl (C=S) groups is 1. The smallest absolute Gasteiger partial charge is 0.252 e. The van der Waals surface area contributed by atoms with E-state index in [1.54, 1.807) is 60.7 Å². The van der Waals surface area contributed by atoms with Gasteiger partial charge in [0, 0.05) is 11.1 Å². The summed E-state index contributed by atoms with van der Waals surface area (Å²) in [6.07, 6.45) is 0. The largest absolute Gasteiger partial charge is 0.495 e. The number of thioether (sulfide) groups is 1. The van der Waals surface area contributed by atoms with Gasteiger partial charge in [-0.1, -0.05) is 66.4 Å². The maximum Gasteiger partial charge on any atom is 0.252 e. The highest BCUT2D eigenvalue weighted by atomic mass is 32.2. The van der Waals surface area contributed by atoms with Crippen LogP contribution in [0.3, 0.4) is 0 Å². The molecular weight excluding hydrogens is 444 g/mol. The lowest BCUT2D eigenvalue weighted by atomic mass is 9.98. The van der Waals surface area contributed by atoms with E-state index < -0.39 is 11.2 Å². The van der Waals surface area contributed by atoms with Crippen molar-refractivity contribution in [3.05, 3.63) is 89.2 Å². The average molecular weight is 461 g/mol. The second-order valence-corrected chi connectivity index (χ2v) is 9.04. The first-order valence-corrected chi connectivity index (χ1v) is 11.1.